The second-order valence-corrected chi connectivity index (χ2v) is 5.54. The zero-order valence-corrected chi connectivity index (χ0v) is 13.3. The molecule has 1 aromatic heterocycles. The fourth-order valence-corrected chi connectivity index (χ4v) is 2.71. The van der Waals surface area contributed by atoms with E-state index in [1.807, 2.05) is 42.5 Å². The summed E-state index contributed by atoms with van der Waals surface area (Å²) >= 11 is 0. The molecule has 0 radical (unpaired) electrons. The molecule has 3 aromatic rings. The van der Waals surface area contributed by atoms with Gasteiger partial charge in [-0.3, -0.25) is 19.6 Å². The van der Waals surface area contributed by atoms with Crippen LogP contribution in [0.15, 0.2) is 42.5 Å². The third-order valence-electron chi connectivity index (χ3n) is 3.85. The molecule has 0 saturated heterocycles. The van der Waals surface area contributed by atoms with Gasteiger partial charge in [-0.2, -0.15) is 5.10 Å². The number of aromatic nitrogens is 2. The Bertz CT molecular complexity index is 946. The molecule has 0 aliphatic carbocycles. The smallest absolute Gasteiger partial charge is 0.312 e. The number of aryl methyl sites for hydroxylation is 1. The molecule has 122 valence electrons. The van der Waals surface area contributed by atoms with Crippen LogP contribution in [0, 0.1) is 24.0 Å². The molecule has 7 nitrogen and oxygen atoms in total. The molecule has 0 bridgehead atoms. The summed E-state index contributed by atoms with van der Waals surface area (Å²) in [6.07, 6.45) is 0. The number of fused-ring (bicyclic) bond motifs is 1. The Morgan fingerprint density at radius 1 is 1.21 bits per heavy atom. The average molecular weight is 324 g/mol. The van der Waals surface area contributed by atoms with Crippen LogP contribution < -0.4 is 5.32 Å². The largest absolute Gasteiger partial charge is 0.324 e. The summed E-state index contributed by atoms with van der Waals surface area (Å²) in [6.45, 7) is 3.07. The summed E-state index contributed by atoms with van der Waals surface area (Å²) in [6, 6.07) is 13.5. The van der Waals surface area contributed by atoms with E-state index in [4.69, 9.17) is 0 Å². The highest BCUT2D eigenvalue weighted by Gasteiger charge is 2.22. The number of nitrogens with zero attached hydrogens (tertiary/aromatic N) is 3. The number of benzene rings is 2. The quantitative estimate of drug-likeness (QED) is 0.589. The molecule has 1 amide bonds. The summed E-state index contributed by atoms with van der Waals surface area (Å²) in [5.41, 5.74) is 1.30. The Morgan fingerprint density at radius 2 is 1.92 bits per heavy atom. The predicted molar refractivity (Wildman–Crippen MR) is 90.9 cm³/mol. The first kappa shape index (κ1) is 15.7. The summed E-state index contributed by atoms with van der Waals surface area (Å²) in [4.78, 5) is 22.8. The number of carbonyl (C=O) groups is 1. The average Bonchev–Trinajstić information content (AvgIpc) is 2.81. The van der Waals surface area contributed by atoms with E-state index in [0.29, 0.717) is 17.1 Å². The molecule has 0 atom stereocenters. The fourth-order valence-electron chi connectivity index (χ4n) is 2.71. The van der Waals surface area contributed by atoms with Gasteiger partial charge in [0.2, 0.25) is 5.91 Å². The van der Waals surface area contributed by atoms with E-state index in [9.17, 15) is 14.9 Å². The molecule has 0 saturated carbocycles. The van der Waals surface area contributed by atoms with E-state index >= 15 is 0 Å². The Hall–Kier alpha value is -3.22. The molecule has 24 heavy (non-hydrogen) atoms. The molecule has 3 rings (SSSR count). The number of rotatable bonds is 4. The van der Waals surface area contributed by atoms with Gasteiger partial charge < -0.3 is 5.32 Å². The first-order valence-electron chi connectivity index (χ1n) is 7.43. The maximum absolute atomic E-state index is 12.2. The number of nitro groups is 1. The van der Waals surface area contributed by atoms with E-state index < -0.39 is 4.92 Å². The van der Waals surface area contributed by atoms with Crippen molar-refractivity contribution in [1.29, 1.82) is 0 Å². The van der Waals surface area contributed by atoms with Gasteiger partial charge in [0.15, 0.2) is 0 Å². The molecule has 0 aliphatic heterocycles. The van der Waals surface area contributed by atoms with Crippen LogP contribution in [0.1, 0.15) is 11.4 Å². The topological polar surface area (TPSA) is 90.1 Å². The lowest BCUT2D eigenvalue weighted by Crippen LogP contribution is -2.20. The van der Waals surface area contributed by atoms with Gasteiger partial charge in [-0.25, -0.2) is 0 Å². The first-order chi connectivity index (χ1) is 11.5. The lowest BCUT2D eigenvalue weighted by molar-refractivity contribution is -0.386. The third-order valence-corrected chi connectivity index (χ3v) is 3.85. The minimum absolute atomic E-state index is 0.0477. The molecule has 0 unspecified atom stereocenters. The SMILES string of the molecule is Cc1nn(CC(=O)Nc2ccc3ccccc3c2)c(C)c1[N+](=O)[O-]. The number of hydrogen-bond acceptors (Lipinski definition) is 4. The monoisotopic (exact) mass is 324 g/mol. The van der Waals surface area contributed by atoms with Crippen LogP contribution in [-0.4, -0.2) is 20.6 Å². The number of nitrogens with one attached hydrogen (secondary N) is 1. The minimum atomic E-state index is -0.477. The van der Waals surface area contributed by atoms with Crippen molar-refractivity contribution in [3.63, 3.8) is 0 Å². The highest BCUT2D eigenvalue weighted by Crippen LogP contribution is 2.22. The summed E-state index contributed by atoms with van der Waals surface area (Å²) in [5, 5.41) is 20.0. The van der Waals surface area contributed by atoms with Crippen molar-refractivity contribution in [3.8, 4) is 0 Å². The van der Waals surface area contributed by atoms with Crippen molar-refractivity contribution in [2.75, 3.05) is 5.32 Å². The van der Waals surface area contributed by atoms with Gasteiger partial charge in [0, 0.05) is 5.69 Å². The molecule has 1 heterocycles. The van der Waals surface area contributed by atoms with Crippen LogP contribution in [0.2, 0.25) is 0 Å². The van der Waals surface area contributed by atoms with Gasteiger partial charge in [0.25, 0.3) is 0 Å². The molecule has 0 fully saturated rings. The third kappa shape index (κ3) is 2.96. The number of anilines is 1. The predicted octanol–water partition coefficient (Wildman–Crippen LogP) is 3.20. The van der Waals surface area contributed by atoms with Gasteiger partial charge in [-0.05, 0) is 36.8 Å². The Balaban J connectivity index is 1.78. The van der Waals surface area contributed by atoms with Gasteiger partial charge in [-0.1, -0.05) is 30.3 Å². The Labute approximate surface area is 138 Å². The fraction of sp³-hybridized carbons (Fsp3) is 0.176. The molecule has 0 aliphatic rings. The van der Waals surface area contributed by atoms with E-state index in [2.05, 4.69) is 10.4 Å². The van der Waals surface area contributed by atoms with Gasteiger partial charge in [-0.15, -0.1) is 0 Å². The van der Waals surface area contributed by atoms with Gasteiger partial charge in [0.05, 0.1) is 4.92 Å². The molecular formula is C17H16N4O3. The molecule has 2 aromatic carbocycles. The minimum Gasteiger partial charge on any atom is -0.324 e. The van der Waals surface area contributed by atoms with Crippen LogP contribution in [0.4, 0.5) is 11.4 Å². The summed E-state index contributed by atoms with van der Waals surface area (Å²) in [5.74, 6) is -0.286. The summed E-state index contributed by atoms with van der Waals surface area (Å²) in [7, 11) is 0. The van der Waals surface area contributed by atoms with Crippen molar-refractivity contribution in [3.05, 3.63) is 64.0 Å². The van der Waals surface area contributed by atoms with Crippen LogP contribution in [0.5, 0.6) is 0 Å². The van der Waals surface area contributed by atoms with E-state index in [0.717, 1.165) is 10.8 Å². The van der Waals surface area contributed by atoms with Crippen molar-refractivity contribution in [2.24, 2.45) is 0 Å². The van der Waals surface area contributed by atoms with Crippen molar-refractivity contribution >= 4 is 28.1 Å². The number of carbonyl (C=O) groups excluding carboxylic acids is 1. The van der Waals surface area contributed by atoms with Gasteiger partial charge in [0.1, 0.15) is 17.9 Å². The lowest BCUT2D eigenvalue weighted by Gasteiger charge is -2.07. The number of hydrogen-bond donors (Lipinski definition) is 1. The maximum Gasteiger partial charge on any atom is 0.312 e. The second kappa shape index (κ2) is 6.11. The van der Waals surface area contributed by atoms with E-state index in [-0.39, 0.29) is 18.1 Å². The zero-order chi connectivity index (χ0) is 17.3. The van der Waals surface area contributed by atoms with Crippen molar-refractivity contribution in [1.82, 2.24) is 9.78 Å². The molecular weight excluding hydrogens is 308 g/mol. The molecule has 1 N–H and O–H groups in total. The normalized spacial score (nSPS) is 10.8. The molecule has 7 heteroatoms. The Kier molecular flexibility index (Phi) is 3.99. The molecule has 0 spiro atoms. The van der Waals surface area contributed by atoms with Crippen molar-refractivity contribution in [2.45, 2.75) is 20.4 Å². The van der Waals surface area contributed by atoms with E-state index in [1.54, 1.807) is 13.8 Å². The summed E-state index contributed by atoms with van der Waals surface area (Å²) < 4.78 is 1.35. The van der Waals surface area contributed by atoms with Gasteiger partial charge >= 0.3 is 5.69 Å². The highest BCUT2D eigenvalue weighted by atomic mass is 16.6. The van der Waals surface area contributed by atoms with Crippen LogP contribution >= 0.6 is 0 Å². The van der Waals surface area contributed by atoms with Crippen molar-refractivity contribution < 1.29 is 9.72 Å². The second-order valence-electron chi connectivity index (χ2n) is 5.54. The zero-order valence-electron chi connectivity index (χ0n) is 13.3. The lowest BCUT2D eigenvalue weighted by atomic mass is 10.1. The van der Waals surface area contributed by atoms with Crippen LogP contribution in [-0.2, 0) is 11.3 Å². The number of amides is 1. The van der Waals surface area contributed by atoms with E-state index in [1.165, 1.54) is 4.68 Å². The van der Waals surface area contributed by atoms with Crippen LogP contribution in [0.25, 0.3) is 10.8 Å². The standard InChI is InChI=1S/C17H16N4O3/c1-11-17(21(23)24)12(2)20(19-11)10-16(22)18-15-8-7-13-5-3-4-6-14(13)9-15/h3-9H,10H2,1-2H3,(H,18,22). The van der Waals surface area contributed by atoms with Crippen LogP contribution in [0.3, 0.4) is 0 Å². The Morgan fingerprint density at radius 3 is 2.58 bits per heavy atom. The maximum atomic E-state index is 12.2. The highest BCUT2D eigenvalue weighted by molar-refractivity contribution is 5.94. The first-order valence-corrected chi connectivity index (χ1v) is 7.43.